The van der Waals surface area contributed by atoms with Crippen LogP contribution in [0.1, 0.15) is 23.0 Å². The summed E-state index contributed by atoms with van der Waals surface area (Å²) in [6.45, 7) is 0.635. The number of aromatic nitrogens is 3. The van der Waals surface area contributed by atoms with Crippen molar-refractivity contribution in [3.8, 4) is 10.6 Å². The molecule has 1 amide bonds. The van der Waals surface area contributed by atoms with Crippen molar-refractivity contribution < 1.29 is 14.7 Å². The normalized spacial score (nSPS) is 18.8. The topological polar surface area (TPSA) is 88.3 Å². The molecule has 3 rings (SSSR count). The van der Waals surface area contributed by atoms with Crippen LogP contribution in [0.4, 0.5) is 0 Å². The maximum atomic E-state index is 12.1. The maximum Gasteiger partial charge on any atom is 0.358 e. The third kappa shape index (κ3) is 1.88. The number of thiophene rings is 1. The molecule has 1 aliphatic heterocycles. The monoisotopic (exact) mass is 292 g/mol. The maximum absolute atomic E-state index is 12.1. The molecule has 0 spiro atoms. The Kier molecular flexibility index (Phi) is 3.01. The van der Waals surface area contributed by atoms with E-state index in [-0.39, 0.29) is 11.6 Å². The lowest BCUT2D eigenvalue weighted by Crippen LogP contribution is -2.25. The van der Waals surface area contributed by atoms with E-state index < -0.39 is 12.0 Å². The number of likely N-dealkylation sites (tertiary alicyclic amines) is 1. The van der Waals surface area contributed by atoms with Crippen LogP contribution in [-0.4, -0.2) is 50.5 Å². The summed E-state index contributed by atoms with van der Waals surface area (Å²) in [7, 11) is 1.72. The molecule has 104 valence electrons. The Balaban J connectivity index is 2.13. The van der Waals surface area contributed by atoms with Gasteiger partial charge in [0.2, 0.25) is 5.91 Å². The summed E-state index contributed by atoms with van der Waals surface area (Å²) < 4.78 is 1.45. The van der Waals surface area contributed by atoms with Crippen molar-refractivity contribution in [1.29, 1.82) is 0 Å². The van der Waals surface area contributed by atoms with Gasteiger partial charge in [0, 0.05) is 13.6 Å². The van der Waals surface area contributed by atoms with Crippen molar-refractivity contribution in [2.24, 2.45) is 0 Å². The number of carbonyl (C=O) groups excluding carboxylic acids is 1. The van der Waals surface area contributed by atoms with Gasteiger partial charge < -0.3 is 10.0 Å². The van der Waals surface area contributed by atoms with Crippen molar-refractivity contribution >= 4 is 23.2 Å². The number of carboxylic acid groups (broad SMARTS) is 1. The average Bonchev–Trinajstić information content (AvgIpc) is 3.10. The Hall–Kier alpha value is -2.22. The molecular formula is C12H12N4O3S. The number of carbonyl (C=O) groups is 2. The number of amides is 1. The summed E-state index contributed by atoms with van der Waals surface area (Å²) in [6.07, 6.45) is 0.607. The van der Waals surface area contributed by atoms with E-state index in [1.54, 1.807) is 18.0 Å². The number of likely N-dealkylation sites (N-methyl/N-ethyl adjacent to an activating group) is 1. The summed E-state index contributed by atoms with van der Waals surface area (Å²) in [5, 5.41) is 18.7. The molecule has 0 radical (unpaired) electrons. The van der Waals surface area contributed by atoms with Crippen molar-refractivity contribution in [2.45, 2.75) is 12.5 Å². The summed E-state index contributed by atoms with van der Waals surface area (Å²) in [5.74, 6) is -1.21. The molecule has 2 aromatic heterocycles. The molecule has 0 aliphatic carbocycles. The Morgan fingerprint density at radius 2 is 2.35 bits per heavy atom. The van der Waals surface area contributed by atoms with Crippen LogP contribution in [0.5, 0.6) is 0 Å². The van der Waals surface area contributed by atoms with Crippen LogP contribution in [-0.2, 0) is 4.79 Å². The Labute approximate surface area is 118 Å². The lowest BCUT2D eigenvalue weighted by atomic mass is 10.2. The number of carboxylic acids is 1. The van der Waals surface area contributed by atoms with Crippen LogP contribution in [0.15, 0.2) is 17.5 Å². The second-order valence-corrected chi connectivity index (χ2v) is 5.53. The van der Waals surface area contributed by atoms with Crippen LogP contribution in [0.25, 0.3) is 10.6 Å². The number of aromatic carboxylic acids is 1. The minimum absolute atomic E-state index is 0.0651. The van der Waals surface area contributed by atoms with Crippen LogP contribution < -0.4 is 0 Å². The average molecular weight is 292 g/mol. The van der Waals surface area contributed by atoms with Crippen LogP contribution in [0.2, 0.25) is 0 Å². The second-order valence-electron chi connectivity index (χ2n) is 4.58. The van der Waals surface area contributed by atoms with Gasteiger partial charge in [-0.25, -0.2) is 9.48 Å². The Morgan fingerprint density at radius 1 is 1.55 bits per heavy atom. The van der Waals surface area contributed by atoms with E-state index in [2.05, 4.69) is 10.3 Å². The fourth-order valence-electron chi connectivity index (χ4n) is 2.33. The molecule has 0 bridgehead atoms. The van der Waals surface area contributed by atoms with Gasteiger partial charge in [0.25, 0.3) is 0 Å². The third-order valence-corrected chi connectivity index (χ3v) is 4.22. The summed E-state index contributed by atoms with van der Waals surface area (Å²) in [4.78, 5) is 25.7. The highest BCUT2D eigenvalue weighted by atomic mass is 32.1. The summed E-state index contributed by atoms with van der Waals surface area (Å²) in [6, 6.07) is 3.15. The van der Waals surface area contributed by atoms with Crippen LogP contribution in [0.3, 0.4) is 0 Å². The van der Waals surface area contributed by atoms with E-state index in [1.165, 1.54) is 16.0 Å². The van der Waals surface area contributed by atoms with E-state index in [0.717, 1.165) is 4.88 Å². The zero-order valence-electron chi connectivity index (χ0n) is 10.7. The molecule has 20 heavy (non-hydrogen) atoms. The molecule has 3 heterocycles. The highest BCUT2D eigenvalue weighted by Gasteiger charge is 2.35. The first-order valence-electron chi connectivity index (χ1n) is 6.07. The van der Waals surface area contributed by atoms with Gasteiger partial charge in [0.05, 0.1) is 4.88 Å². The first kappa shape index (κ1) is 12.8. The minimum atomic E-state index is -1.14. The second kappa shape index (κ2) is 4.71. The Bertz CT molecular complexity index is 664. The SMILES string of the molecule is CN1CCC(n2nnc(C(=O)O)c2-c2cccs2)C1=O. The fourth-order valence-corrected chi connectivity index (χ4v) is 3.09. The molecule has 1 fully saturated rings. The highest BCUT2D eigenvalue weighted by molar-refractivity contribution is 7.13. The summed E-state index contributed by atoms with van der Waals surface area (Å²) >= 11 is 1.40. The van der Waals surface area contributed by atoms with E-state index in [4.69, 9.17) is 0 Å². The number of hydrogen-bond acceptors (Lipinski definition) is 5. The van der Waals surface area contributed by atoms with E-state index in [0.29, 0.717) is 18.7 Å². The molecule has 2 aromatic rings. The first-order chi connectivity index (χ1) is 9.59. The quantitative estimate of drug-likeness (QED) is 0.915. The van der Waals surface area contributed by atoms with Gasteiger partial charge in [-0.1, -0.05) is 11.3 Å². The van der Waals surface area contributed by atoms with E-state index in [1.807, 2.05) is 11.4 Å². The van der Waals surface area contributed by atoms with Gasteiger partial charge in [-0.2, -0.15) is 0 Å². The molecule has 0 saturated carbocycles. The van der Waals surface area contributed by atoms with Crippen molar-refractivity contribution in [1.82, 2.24) is 19.9 Å². The van der Waals surface area contributed by atoms with Crippen LogP contribution in [0, 0.1) is 0 Å². The number of hydrogen-bond donors (Lipinski definition) is 1. The molecule has 1 atom stereocenters. The molecule has 1 saturated heterocycles. The zero-order valence-corrected chi connectivity index (χ0v) is 11.5. The predicted octanol–water partition coefficient (Wildman–Crippen LogP) is 1.11. The largest absolute Gasteiger partial charge is 0.476 e. The lowest BCUT2D eigenvalue weighted by Gasteiger charge is -2.12. The minimum Gasteiger partial charge on any atom is -0.476 e. The Morgan fingerprint density at radius 3 is 2.90 bits per heavy atom. The van der Waals surface area contributed by atoms with E-state index >= 15 is 0 Å². The number of rotatable bonds is 3. The lowest BCUT2D eigenvalue weighted by molar-refractivity contribution is -0.129. The van der Waals surface area contributed by atoms with E-state index in [9.17, 15) is 14.7 Å². The molecular weight excluding hydrogens is 280 g/mol. The molecule has 1 N–H and O–H groups in total. The molecule has 0 aromatic carbocycles. The van der Waals surface area contributed by atoms with Crippen molar-refractivity contribution in [3.05, 3.63) is 23.2 Å². The molecule has 1 unspecified atom stereocenters. The highest BCUT2D eigenvalue weighted by Crippen LogP contribution is 2.32. The third-order valence-electron chi connectivity index (χ3n) is 3.35. The molecule has 7 nitrogen and oxygen atoms in total. The smallest absolute Gasteiger partial charge is 0.358 e. The van der Waals surface area contributed by atoms with Crippen molar-refractivity contribution in [2.75, 3.05) is 13.6 Å². The predicted molar refractivity (Wildman–Crippen MR) is 71.6 cm³/mol. The van der Waals surface area contributed by atoms with Gasteiger partial charge in [0.15, 0.2) is 5.69 Å². The molecule has 1 aliphatic rings. The van der Waals surface area contributed by atoms with Gasteiger partial charge in [0.1, 0.15) is 11.7 Å². The van der Waals surface area contributed by atoms with Crippen molar-refractivity contribution in [3.63, 3.8) is 0 Å². The van der Waals surface area contributed by atoms with Gasteiger partial charge in [-0.15, -0.1) is 16.4 Å². The zero-order chi connectivity index (χ0) is 14.3. The van der Waals surface area contributed by atoms with Gasteiger partial charge in [-0.05, 0) is 17.9 Å². The fraction of sp³-hybridized carbons (Fsp3) is 0.333. The van der Waals surface area contributed by atoms with Gasteiger partial charge in [-0.3, -0.25) is 4.79 Å². The first-order valence-corrected chi connectivity index (χ1v) is 6.95. The summed E-state index contributed by atoms with van der Waals surface area (Å²) in [5.41, 5.74) is 0.288. The standard InChI is InChI=1S/C12H12N4O3S/c1-15-5-4-7(11(15)17)16-10(8-3-2-6-20-8)9(12(18)19)13-14-16/h2-3,6-7H,4-5H2,1H3,(H,18,19). The number of nitrogens with zero attached hydrogens (tertiary/aromatic N) is 4. The molecule has 8 heteroatoms. The van der Waals surface area contributed by atoms with Gasteiger partial charge >= 0.3 is 5.97 Å². The van der Waals surface area contributed by atoms with Crippen LogP contribution >= 0.6 is 11.3 Å².